The first-order valence-electron chi connectivity index (χ1n) is 10.6. The lowest BCUT2D eigenvalue weighted by atomic mass is 9.89. The van der Waals surface area contributed by atoms with E-state index in [-0.39, 0.29) is 18.0 Å². The number of piperidine rings is 1. The van der Waals surface area contributed by atoms with Crippen molar-refractivity contribution in [2.75, 3.05) is 31.1 Å². The van der Waals surface area contributed by atoms with Crippen LogP contribution >= 0.6 is 0 Å². The van der Waals surface area contributed by atoms with E-state index >= 15 is 0 Å². The van der Waals surface area contributed by atoms with Crippen LogP contribution in [0.1, 0.15) is 29.9 Å². The third-order valence-corrected chi connectivity index (χ3v) is 6.34. The van der Waals surface area contributed by atoms with Crippen LogP contribution < -0.4 is 4.90 Å². The van der Waals surface area contributed by atoms with Gasteiger partial charge in [0.2, 0.25) is 0 Å². The molecule has 2 aliphatic rings. The Bertz CT molecular complexity index is 1140. The zero-order chi connectivity index (χ0) is 21.4. The third-order valence-electron chi connectivity index (χ3n) is 6.34. The zero-order valence-electron chi connectivity index (χ0n) is 17.1. The molecule has 1 N–H and O–H groups in total. The molecule has 0 spiro atoms. The first kappa shape index (κ1) is 19.6. The number of ether oxygens (including phenoxy) is 1. The minimum atomic E-state index is -0.376. The highest BCUT2D eigenvalue weighted by Crippen LogP contribution is 2.34. The molecule has 1 atom stereocenters. The zero-order valence-corrected chi connectivity index (χ0v) is 17.1. The standard InChI is InChI=1S/C24H23FN4O2/c25-18-2-4-19(5-3-18)29-15-20(31-24(29)30)14-28-9-7-17(8-10-28)22-13-27-23-6-1-16(12-26)11-21(22)23/h1-6,11,13,17,20,27H,7-10,14-15H2/t20-/m1/s1. The fourth-order valence-electron chi connectivity index (χ4n) is 4.71. The summed E-state index contributed by atoms with van der Waals surface area (Å²) in [6.45, 7) is 3.03. The molecule has 1 aromatic heterocycles. The molecule has 7 heteroatoms. The molecule has 2 aliphatic heterocycles. The molecule has 2 saturated heterocycles. The van der Waals surface area contributed by atoms with E-state index in [2.05, 4.69) is 22.1 Å². The smallest absolute Gasteiger partial charge is 0.414 e. The average Bonchev–Trinajstić information content (AvgIpc) is 3.37. The van der Waals surface area contributed by atoms with Crippen LogP contribution in [0.2, 0.25) is 0 Å². The lowest BCUT2D eigenvalue weighted by Crippen LogP contribution is -2.39. The number of halogens is 1. The van der Waals surface area contributed by atoms with E-state index in [1.54, 1.807) is 17.0 Å². The van der Waals surface area contributed by atoms with Gasteiger partial charge in [-0.25, -0.2) is 9.18 Å². The van der Waals surface area contributed by atoms with Crippen molar-refractivity contribution in [1.82, 2.24) is 9.88 Å². The quantitative estimate of drug-likeness (QED) is 0.682. The molecule has 6 nitrogen and oxygen atoms in total. The average molecular weight is 418 g/mol. The van der Waals surface area contributed by atoms with Gasteiger partial charge in [-0.1, -0.05) is 0 Å². The van der Waals surface area contributed by atoms with Crippen molar-refractivity contribution in [3.8, 4) is 6.07 Å². The van der Waals surface area contributed by atoms with Gasteiger partial charge in [-0.15, -0.1) is 0 Å². The Kier molecular flexibility index (Phi) is 5.08. The molecule has 1 amide bonds. The van der Waals surface area contributed by atoms with Gasteiger partial charge < -0.3 is 9.72 Å². The molecule has 0 saturated carbocycles. The first-order valence-corrected chi connectivity index (χ1v) is 10.6. The van der Waals surface area contributed by atoms with Crippen molar-refractivity contribution in [2.45, 2.75) is 24.9 Å². The molecule has 0 radical (unpaired) electrons. The van der Waals surface area contributed by atoms with Gasteiger partial charge in [-0.3, -0.25) is 9.80 Å². The van der Waals surface area contributed by atoms with Crippen LogP contribution in [0.5, 0.6) is 0 Å². The second-order valence-corrected chi connectivity index (χ2v) is 8.28. The third kappa shape index (κ3) is 3.87. The van der Waals surface area contributed by atoms with E-state index in [9.17, 15) is 14.4 Å². The Hall–Kier alpha value is -3.37. The number of hydrogen-bond donors (Lipinski definition) is 1. The van der Waals surface area contributed by atoms with Gasteiger partial charge >= 0.3 is 6.09 Å². The van der Waals surface area contributed by atoms with Crippen LogP contribution in [-0.4, -0.2) is 48.3 Å². The Labute approximate surface area is 179 Å². The summed E-state index contributed by atoms with van der Waals surface area (Å²) in [5.74, 6) is 0.121. The van der Waals surface area contributed by atoms with Crippen LogP contribution in [0.3, 0.4) is 0 Å². The van der Waals surface area contributed by atoms with Gasteiger partial charge in [0.15, 0.2) is 0 Å². The van der Waals surface area contributed by atoms with Crippen LogP contribution in [0.15, 0.2) is 48.7 Å². The summed E-state index contributed by atoms with van der Waals surface area (Å²) in [7, 11) is 0. The van der Waals surface area contributed by atoms with Gasteiger partial charge in [0.25, 0.3) is 0 Å². The molecule has 2 aromatic carbocycles. The molecular weight excluding hydrogens is 395 g/mol. The molecule has 0 bridgehead atoms. The lowest BCUT2D eigenvalue weighted by Gasteiger charge is -2.32. The van der Waals surface area contributed by atoms with E-state index in [0.29, 0.717) is 30.3 Å². The molecular formula is C24H23FN4O2. The Morgan fingerprint density at radius 2 is 1.94 bits per heavy atom. The SMILES string of the molecule is N#Cc1ccc2[nH]cc(C3CCN(C[C@@H]4CN(c5ccc(F)cc5)C(=O)O4)CC3)c2c1. The number of carbonyl (C=O) groups is 1. The number of H-pyrrole nitrogens is 1. The number of cyclic esters (lactones) is 1. The fourth-order valence-corrected chi connectivity index (χ4v) is 4.71. The number of rotatable bonds is 4. The number of anilines is 1. The summed E-state index contributed by atoms with van der Waals surface area (Å²) in [5.41, 5.74) is 3.68. The predicted octanol–water partition coefficient (Wildman–Crippen LogP) is 4.38. The fraction of sp³-hybridized carbons (Fsp3) is 0.333. The number of nitrogens with zero attached hydrogens (tertiary/aromatic N) is 3. The molecule has 0 aliphatic carbocycles. The first-order chi connectivity index (χ1) is 15.1. The summed E-state index contributed by atoms with van der Waals surface area (Å²) in [6.07, 6.45) is 3.54. The maximum Gasteiger partial charge on any atom is 0.414 e. The summed E-state index contributed by atoms with van der Waals surface area (Å²) < 4.78 is 18.7. The van der Waals surface area contributed by atoms with Gasteiger partial charge in [0.1, 0.15) is 11.9 Å². The van der Waals surface area contributed by atoms with Crippen molar-refractivity contribution in [3.05, 3.63) is 65.6 Å². The van der Waals surface area contributed by atoms with Gasteiger partial charge in [0.05, 0.1) is 18.2 Å². The largest absolute Gasteiger partial charge is 0.443 e. The summed E-state index contributed by atoms with van der Waals surface area (Å²) in [5, 5.41) is 10.3. The van der Waals surface area contributed by atoms with Gasteiger partial charge in [-0.05, 0) is 79.9 Å². The minimum Gasteiger partial charge on any atom is -0.443 e. The van der Waals surface area contributed by atoms with Crippen LogP contribution in [-0.2, 0) is 4.74 Å². The Balaban J connectivity index is 1.20. The molecule has 31 heavy (non-hydrogen) atoms. The molecule has 3 aromatic rings. The van der Waals surface area contributed by atoms with Crippen molar-refractivity contribution < 1.29 is 13.9 Å². The number of fused-ring (bicyclic) bond motifs is 1. The van der Waals surface area contributed by atoms with E-state index in [1.165, 1.54) is 17.7 Å². The minimum absolute atomic E-state index is 0.194. The monoisotopic (exact) mass is 418 g/mol. The number of nitriles is 1. The van der Waals surface area contributed by atoms with Gasteiger partial charge in [-0.2, -0.15) is 5.26 Å². The number of nitrogens with one attached hydrogen (secondary N) is 1. The van der Waals surface area contributed by atoms with Crippen molar-refractivity contribution in [1.29, 1.82) is 5.26 Å². The maximum atomic E-state index is 13.2. The Morgan fingerprint density at radius 3 is 2.68 bits per heavy atom. The molecule has 158 valence electrons. The number of aromatic amines is 1. The molecule has 5 rings (SSSR count). The molecule has 2 fully saturated rings. The number of carbonyl (C=O) groups excluding carboxylic acids is 1. The van der Waals surface area contributed by atoms with Crippen molar-refractivity contribution >= 4 is 22.7 Å². The second kappa shape index (κ2) is 8.05. The summed E-state index contributed by atoms with van der Waals surface area (Å²) >= 11 is 0. The highest BCUT2D eigenvalue weighted by atomic mass is 19.1. The van der Waals surface area contributed by atoms with Gasteiger partial charge in [0, 0.05) is 29.3 Å². The van der Waals surface area contributed by atoms with Crippen LogP contribution in [0, 0.1) is 17.1 Å². The summed E-state index contributed by atoms with van der Waals surface area (Å²) in [6, 6.07) is 13.9. The van der Waals surface area contributed by atoms with E-state index in [0.717, 1.165) is 36.8 Å². The number of amides is 1. The van der Waals surface area contributed by atoms with Crippen LogP contribution in [0.25, 0.3) is 10.9 Å². The second-order valence-electron chi connectivity index (χ2n) is 8.28. The number of benzene rings is 2. The van der Waals surface area contributed by atoms with Crippen LogP contribution in [0.4, 0.5) is 14.9 Å². The number of aromatic nitrogens is 1. The van der Waals surface area contributed by atoms with Crippen molar-refractivity contribution in [3.63, 3.8) is 0 Å². The van der Waals surface area contributed by atoms with E-state index in [4.69, 9.17) is 4.74 Å². The Morgan fingerprint density at radius 1 is 1.16 bits per heavy atom. The normalized spacial score (nSPS) is 20.2. The predicted molar refractivity (Wildman–Crippen MR) is 115 cm³/mol. The van der Waals surface area contributed by atoms with Crippen molar-refractivity contribution in [2.24, 2.45) is 0 Å². The number of likely N-dealkylation sites (tertiary alicyclic amines) is 1. The maximum absolute atomic E-state index is 13.2. The lowest BCUT2D eigenvalue weighted by molar-refractivity contribution is 0.0977. The van der Waals surface area contributed by atoms with E-state index in [1.807, 2.05) is 18.2 Å². The molecule has 0 unspecified atom stereocenters. The number of hydrogen-bond acceptors (Lipinski definition) is 4. The molecule has 3 heterocycles. The highest BCUT2D eigenvalue weighted by Gasteiger charge is 2.34. The summed E-state index contributed by atoms with van der Waals surface area (Å²) in [4.78, 5) is 19.5. The topological polar surface area (TPSA) is 72.4 Å². The highest BCUT2D eigenvalue weighted by molar-refractivity contribution is 5.89. The van der Waals surface area contributed by atoms with E-state index < -0.39 is 0 Å².